The first-order valence-electron chi connectivity index (χ1n) is 4.79. The molecule has 1 aromatic rings. The van der Waals surface area contributed by atoms with Gasteiger partial charge in [-0.1, -0.05) is 15.9 Å². The van der Waals surface area contributed by atoms with Gasteiger partial charge in [0.15, 0.2) is 0 Å². The number of carbonyl (C=O) groups excluding carboxylic acids is 2. The third-order valence-electron chi connectivity index (χ3n) is 2.08. The Labute approximate surface area is 116 Å². The number of esters is 1. The lowest BCUT2D eigenvalue weighted by molar-refractivity contribution is -0.142. The van der Waals surface area contributed by atoms with E-state index in [2.05, 4.69) is 41.9 Å². The summed E-state index contributed by atoms with van der Waals surface area (Å²) in [5.41, 5.74) is 0.462. The highest BCUT2D eigenvalue weighted by Crippen LogP contribution is 2.21. The van der Waals surface area contributed by atoms with E-state index >= 15 is 0 Å². The smallest absolute Gasteiger partial charge is 0.328 e. The zero-order valence-electron chi connectivity index (χ0n) is 9.29. The maximum atomic E-state index is 11.8. The molecule has 92 valence electrons. The number of rotatable bonds is 3. The number of nitrogens with one attached hydrogen (secondary N) is 1. The van der Waals surface area contributed by atoms with Crippen LogP contribution in [0.5, 0.6) is 0 Å². The Hall–Kier alpha value is -0.880. The number of hydrogen-bond acceptors (Lipinski definition) is 3. The van der Waals surface area contributed by atoms with Crippen LogP contribution in [0.15, 0.2) is 27.1 Å². The molecular weight excluding hydrogens is 354 g/mol. The van der Waals surface area contributed by atoms with Crippen LogP contribution in [0.25, 0.3) is 0 Å². The van der Waals surface area contributed by atoms with Gasteiger partial charge in [-0.2, -0.15) is 0 Å². The minimum absolute atomic E-state index is 0.331. The molecule has 0 heterocycles. The van der Waals surface area contributed by atoms with Crippen LogP contribution in [-0.2, 0) is 9.53 Å². The number of benzene rings is 1. The van der Waals surface area contributed by atoms with Crippen molar-refractivity contribution in [3.8, 4) is 0 Å². The number of methoxy groups -OCH3 is 1. The Morgan fingerprint density at radius 1 is 1.35 bits per heavy atom. The van der Waals surface area contributed by atoms with E-state index in [1.807, 2.05) is 0 Å². The molecule has 17 heavy (non-hydrogen) atoms. The first-order chi connectivity index (χ1) is 7.95. The number of ether oxygens (including phenoxy) is 1. The van der Waals surface area contributed by atoms with Crippen LogP contribution in [0.2, 0.25) is 0 Å². The highest BCUT2D eigenvalue weighted by atomic mass is 79.9. The molecule has 0 aliphatic heterocycles. The molecule has 1 atom stereocenters. The highest BCUT2D eigenvalue weighted by Gasteiger charge is 2.18. The summed E-state index contributed by atoms with van der Waals surface area (Å²) in [7, 11) is 1.28. The molecular formula is C11H11Br2NO3. The van der Waals surface area contributed by atoms with Crippen molar-refractivity contribution in [2.24, 2.45) is 0 Å². The fourth-order valence-corrected chi connectivity index (χ4v) is 2.41. The van der Waals surface area contributed by atoms with Gasteiger partial charge in [-0.15, -0.1) is 0 Å². The van der Waals surface area contributed by atoms with Gasteiger partial charge in [0.25, 0.3) is 5.91 Å². The Balaban J connectivity index is 2.80. The maximum Gasteiger partial charge on any atom is 0.328 e. The summed E-state index contributed by atoms with van der Waals surface area (Å²) >= 11 is 6.58. The van der Waals surface area contributed by atoms with E-state index < -0.39 is 12.0 Å². The summed E-state index contributed by atoms with van der Waals surface area (Å²) in [6.45, 7) is 1.57. The van der Waals surface area contributed by atoms with Crippen LogP contribution in [0.1, 0.15) is 17.3 Å². The van der Waals surface area contributed by atoms with E-state index in [1.165, 1.54) is 7.11 Å². The first kappa shape index (κ1) is 14.2. The van der Waals surface area contributed by atoms with Crippen molar-refractivity contribution >= 4 is 43.7 Å². The molecule has 0 bridgehead atoms. The van der Waals surface area contributed by atoms with Crippen LogP contribution < -0.4 is 5.32 Å². The minimum atomic E-state index is -0.678. The summed E-state index contributed by atoms with van der Waals surface area (Å²) in [6, 6.07) is 4.50. The van der Waals surface area contributed by atoms with Crippen LogP contribution in [0, 0.1) is 0 Å². The van der Waals surface area contributed by atoms with Gasteiger partial charge < -0.3 is 10.1 Å². The van der Waals surface area contributed by atoms with Crippen molar-refractivity contribution in [3.05, 3.63) is 32.7 Å². The number of carbonyl (C=O) groups is 2. The van der Waals surface area contributed by atoms with Crippen LogP contribution in [0.4, 0.5) is 0 Å². The summed E-state index contributed by atoms with van der Waals surface area (Å²) in [4.78, 5) is 23.0. The Morgan fingerprint density at radius 2 is 2.00 bits per heavy atom. The maximum absolute atomic E-state index is 11.8. The van der Waals surface area contributed by atoms with E-state index in [4.69, 9.17) is 0 Å². The second-order valence-corrected chi connectivity index (χ2v) is 5.11. The molecule has 1 N–H and O–H groups in total. The predicted octanol–water partition coefficient (Wildman–Crippen LogP) is 2.50. The van der Waals surface area contributed by atoms with Gasteiger partial charge in [0.1, 0.15) is 6.04 Å². The van der Waals surface area contributed by atoms with Gasteiger partial charge >= 0.3 is 5.97 Å². The van der Waals surface area contributed by atoms with Gasteiger partial charge in [0.2, 0.25) is 0 Å². The normalized spacial score (nSPS) is 11.8. The molecule has 0 spiro atoms. The van der Waals surface area contributed by atoms with E-state index in [1.54, 1.807) is 25.1 Å². The van der Waals surface area contributed by atoms with Gasteiger partial charge in [-0.25, -0.2) is 4.79 Å². The molecule has 0 aromatic heterocycles. The predicted molar refractivity (Wildman–Crippen MR) is 70.8 cm³/mol. The molecule has 0 unspecified atom stereocenters. The van der Waals surface area contributed by atoms with Crippen molar-refractivity contribution < 1.29 is 14.3 Å². The topological polar surface area (TPSA) is 55.4 Å². The van der Waals surface area contributed by atoms with Gasteiger partial charge in [0.05, 0.1) is 12.7 Å². The summed E-state index contributed by atoms with van der Waals surface area (Å²) < 4.78 is 6.04. The summed E-state index contributed by atoms with van der Waals surface area (Å²) in [5, 5.41) is 2.55. The molecule has 1 amide bonds. The fourth-order valence-electron chi connectivity index (χ4n) is 1.18. The van der Waals surface area contributed by atoms with Crippen LogP contribution in [0.3, 0.4) is 0 Å². The highest BCUT2D eigenvalue weighted by molar-refractivity contribution is 9.11. The summed E-state index contributed by atoms with van der Waals surface area (Å²) in [6.07, 6.45) is 0. The lowest BCUT2D eigenvalue weighted by Crippen LogP contribution is -2.39. The lowest BCUT2D eigenvalue weighted by Gasteiger charge is -2.12. The Bertz CT molecular complexity index is 448. The Kier molecular flexibility index (Phi) is 5.14. The van der Waals surface area contributed by atoms with Crippen molar-refractivity contribution in [1.29, 1.82) is 0 Å². The Morgan fingerprint density at radius 3 is 2.53 bits per heavy atom. The molecule has 1 rings (SSSR count). The molecule has 0 aliphatic rings. The average Bonchev–Trinajstić information content (AvgIpc) is 2.27. The monoisotopic (exact) mass is 363 g/mol. The fraction of sp³-hybridized carbons (Fsp3) is 0.273. The summed E-state index contributed by atoms with van der Waals surface area (Å²) in [5.74, 6) is -0.811. The van der Waals surface area contributed by atoms with E-state index in [-0.39, 0.29) is 5.91 Å². The molecule has 0 fully saturated rings. The average molecular weight is 365 g/mol. The number of amides is 1. The molecule has 0 radical (unpaired) electrons. The zero-order chi connectivity index (χ0) is 13.0. The number of halogens is 2. The van der Waals surface area contributed by atoms with Crippen molar-refractivity contribution in [2.45, 2.75) is 13.0 Å². The molecule has 0 saturated heterocycles. The van der Waals surface area contributed by atoms with Crippen molar-refractivity contribution in [1.82, 2.24) is 5.32 Å². The first-order valence-corrected chi connectivity index (χ1v) is 6.38. The largest absolute Gasteiger partial charge is 0.467 e. The third-order valence-corrected chi connectivity index (χ3v) is 3.23. The molecule has 0 aliphatic carbocycles. The lowest BCUT2D eigenvalue weighted by atomic mass is 10.2. The van der Waals surface area contributed by atoms with Gasteiger partial charge in [-0.05, 0) is 41.1 Å². The molecule has 6 heteroatoms. The van der Waals surface area contributed by atoms with Crippen LogP contribution in [-0.4, -0.2) is 25.0 Å². The minimum Gasteiger partial charge on any atom is -0.467 e. The zero-order valence-corrected chi connectivity index (χ0v) is 12.5. The molecule has 1 aromatic carbocycles. The number of hydrogen-bond donors (Lipinski definition) is 1. The van der Waals surface area contributed by atoms with E-state index in [0.29, 0.717) is 10.0 Å². The second kappa shape index (κ2) is 6.16. The quantitative estimate of drug-likeness (QED) is 0.838. The van der Waals surface area contributed by atoms with Crippen LogP contribution >= 0.6 is 31.9 Å². The standard InChI is InChI=1S/C11H11Br2NO3/c1-6(11(16)17-2)14-10(15)8-4-3-7(12)5-9(8)13/h3-6H,1-2H3,(H,14,15)/t6-/m0/s1. The molecule has 0 saturated carbocycles. The van der Waals surface area contributed by atoms with Crippen molar-refractivity contribution in [3.63, 3.8) is 0 Å². The van der Waals surface area contributed by atoms with Gasteiger partial charge in [0, 0.05) is 8.95 Å². The SMILES string of the molecule is COC(=O)[C@H](C)NC(=O)c1ccc(Br)cc1Br. The third kappa shape index (κ3) is 3.81. The van der Waals surface area contributed by atoms with E-state index in [9.17, 15) is 9.59 Å². The van der Waals surface area contributed by atoms with Gasteiger partial charge in [-0.3, -0.25) is 4.79 Å². The van der Waals surface area contributed by atoms with E-state index in [0.717, 1.165) is 4.47 Å². The molecule has 4 nitrogen and oxygen atoms in total. The second-order valence-electron chi connectivity index (χ2n) is 3.34. The van der Waals surface area contributed by atoms with Crippen molar-refractivity contribution in [2.75, 3.05) is 7.11 Å².